The molecule has 1 N–H and O–H groups in total. The number of carbonyl (C=O) groups is 1. The molecule has 7 nitrogen and oxygen atoms in total. The van der Waals surface area contributed by atoms with Gasteiger partial charge in [0.1, 0.15) is 6.54 Å². The molecular formula is C7H10N4O3. The molecule has 0 amide bonds. The Kier molecular flexibility index (Phi) is 2.06. The molecule has 1 heterocycles. The summed E-state index contributed by atoms with van der Waals surface area (Å²) in [6.07, 6.45) is 2.22. The maximum atomic E-state index is 11.4. The molecule has 14 heavy (non-hydrogen) atoms. The predicted octanol–water partition coefficient (Wildman–Crippen LogP) is -1.07. The highest BCUT2D eigenvalue weighted by molar-refractivity contribution is 5.66. The Morgan fingerprint density at radius 3 is 2.64 bits per heavy atom. The second kappa shape index (κ2) is 3.24. The van der Waals surface area contributed by atoms with Gasteiger partial charge in [-0.2, -0.15) is 9.36 Å². The Morgan fingerprint density at radius 1 is 1.43 bits per heavy atom. The maximum absolute atomic E-state index is 11.4. The highest BCUT2D eigenvalue weighted by Gasteiger charge is 2.23. The van der Waals surface area contributed by atoms with Crippen LogP contribution in [-0.2, 0) is 17.9 Å². The minimum atomic E-state index is -1.09. The number of carboxylic acid groups (broad SMARTS) is 1. The van der Waals surface area contributed by atoms with Crippen LogP contribution in [0.4, 0.5) is 0 Å². The summed E-state index contributed by atoms with van der Waals surface area (Å²) in [4.78, 5) is 21.7. The van der Waals surface area contributed by atoms with Crippen LogP contribution in [0.1, 0.15) is 12.8 Å². The van der Waals surface area contributed by atoms with Crippen molar-refractivity contribution in [2.45, 2.75) is 25.9 Å². The second-order valence-electron chi connectivity index (χ2n) is 3.44. The van der Waals surface area contributed by atoms with Gasteiger partial charge in [0.05, 0.1) is 6.54 Å². The van der Waals surface area contributed by atoms with E-state index >= 15 is 0 Å². The van der Waals surface area contributed by atoms with Crippen LogP contribution in [0.2, 0.25) is 0 Å². The number of nitrogens with zero attached hydrogens (tertiary/aromatic N) is 4. The lowest BCUT2D eigenvalue weighted by Crippen LogP contribution is -2.28. The Bertz CT molecular complexity index is 403. The standard InChI is InChI=1S/C7H10N4O3/c12-6(13)4-11-7(14)10(8-9-11)3-5-1-2-5/h5H,1-4H2,(H,12,13). The third kappa shape index (κ3) is 1.81. The lowest BCUT2D eigenvalue weighted by molar-refractivity contribution is -0.138. The Morgan fingerprint density at radius 2 is 2.07 bits per heavy atom. The van der Waals surface area contributed by atoms with Crippen molar-refractivity contribution >= 4 is 5.97 Å². The highest BCUT2D eigenvalue weighted by atomic mass is 16.4. The van der Waals surface area contributed by atoms with Gasteiger partial charge in [0.2, 0.25) is 0 Å². The third-order valence-electron chi connectivity index (χ3n) is 2.11. The number of carboxylic acids is 1. The number of tetrazole rings is 1. The first kappa shape index (κ1) is 8.92. The summed E-state index contributed by atoms with van der Waals surface area (Å²) < 4.78 is 2.07. The fourth-order valence-corrected chi connectivity index (χ4v) is 1.19. The summed E-state index contributed by atoms with van der Waals surface area (Å²) in [7, 11) is 0. The quantitative estimate of drug-likeness (QED) is 0.665. The van der Waals surface area contributed by atoms with E-state index in [4.69, 9.17) is 5.11 Å². The Hall–Kier alpha value is -1.66. The van der Waals surface area contributed by atoms with Gasteiger partial charge < -0.3 is 5.11 Å². The molecule has 1 fully saturated rings. The minimum absolute atomic E-state index is 0.427. The SMILES string of the molecule is O=C(O)Cn1nnn(CC2CC2)c1=O. The van der Waals surface area contributed by atoms with E-state index in [1.54, 1.807) is 0 Å². The largest absolute Gasteiger partial charge is 0.480 e. The molecule has 1 aromatic rings. The topological polar surface area (TPSA) is 90.0 Å². The summed E-state index contributed by atoms with van der Waals surface area (Å²) in [5.74, 6) is -0.576. The zero-order valence-electron chi connectivity index (χ0n) is 7.46. The van der Waals surface area contributed by atoms with E-state index in [9.17, 15) is 9.59 Å². The smallest absolute Gasteiger partial charge is 0.364 e. The fourth-order valence-electron chi connectivity index (χ4n) is 1.19. The van der Waals surface area contributed by atoms with Crippen LogP contribution in [0.15, 0.2) is 4.79 Å². The highest BCUT2D eigenvalue weighted by Crippen LogP contribution is 2.29. The number of hydrogen-bond acceptors (Lipinski definition) is 4. The molecule has 0 aromatic carbocycles. The van der Waals surface area contributed by atoms with Crippen LogP contribution < -0.4 is 5.69 Å². The average molecular weight is 198 g/mol. The molecule has 1 saturated carbocycles. The van der Waals surface area contributed by atoms with E-state index in [0.29, 0.717) is 12.5 Å². The van der Waals surface area contributed by atoms with Gasteiger partial charge in [-0.25, -0.2) is 4.79 Å². The number of rotatable bonds is 4. The molecule has 0 aliphatic heterocycles. The van der Waals surface area contributed by atoms with Crippen LogP contribution in [0, 0.1) is 5.92 Å². The Labute approximate surface area is 78.9 Å². The molecule has 0 radical (unpaired) electrons. The van der Waals surface area contributed by atoms with Crippen molar-refractivity contribution in [1.29, 1.82) is 0 Å². The number of aliphatic carboxylic acids is 1. The van der Waals surface area contributed by atoms with E-state index < -0.39 is 18.2 Å². The van der Waals surface area contributed by atoms with Crippen LogP contribution in [0.25, 0.3) is 0 Å². The van der Waals surface area contributed by atoms with E-state index in [-0.39, 0.29) is 0 Å². The molecule has 7 heteroatoms. The molecule has 1 aliphatic carbocycles. The number of aromatic nitrogens is 4. The normalized spacial score (nSPS) is 15.7. The van der Waals surface area contributed by atoms with Gasteiger partial charge in [0.15, 0.2) is 0 Å². The van der Waals surface area contributed by atoms with E-state index in [2.05, 4.69) is 10.4 Å². The molecule has 2 rings (SSSR count). The van der Waals surface area contributed by atoms with E-state index in [1.807, 2.05) is 0 Å². The molecule has 0 spiro atoms. The van der Waals surface area contributed by atoms with Gasteiger partial charge >= 0.3 is 11.7 Å². The van der Waals surface area contributed by atoms with Crippen LogP contribution in [0.3, 0.4) is 0 Å². The van der Waals surface area contributed by atoms with Gasteiger partial charge in [0.25, 0.3) is 0 Å². The maximum Gasteiger partial charge on any atom is 0.364 e. The zero-order chi connectivity index (χ0) is 10.1. The van der Waals surface area contributed by atoms with Crippen LogP contribution >= 0.6 is 0 Å². The first-order chi connectivity index (χ1) is 6.66. The molecule has 0 bridgehead atoms. The van der Waals surface area contributed by atoms with Crippen molar-refractivity contribution in [1.82, 2.24) is 19.8 Å². The molecule has 0 saturated heterocycles. The molecule has 76 valence electrons. The van der Waals surface area contributed by atoms with Gasteiger partial charge in [-0.05, 0) is 29.2 Å². The van der Waals surface area contributed by atoms with Gasteiger partial charge in [-0.3, -0.25) is 4.79 Å². The number of hydrogen-bond donors (Lipinski definition) is 1. The second-order valence-corrected chi connectivity index (χ2v) is 3.44. The lowest BCUT2D eigenvalue weighted by Gasteiger charge is -1.93. The van der Waals surface area contributed by atoms with Crippen molar-refractivity contribution in [3.05, 3.63) is 10.5 Å². The molecular weight excluding hydrogens is 188 g/mol. The summed E-state index contributed by atoms with van der Waals surface area (Å²) in [5.41, 5.74) is -0.445. The first-order valence-corrected chi connectivity index (χ1v) is 4.39. The monoisotopic (exact) mass is 198 g/mol. The van der Waals surface area contributed by atoms with Crippen LogP contribution in [0.5, 0.6) is 0 Å². The van der Waals surface area contributed by atoms with Crippen molar-refractivity contribution in [2.75, 3.05) is 0 Å². The lowest BCUT2D eigenvalue weighted by atomic mass is 10.4. The summed E-state index contributed by atoms with van der Waals surface area (Å²) in [6.45, 7) is 0.127. The van der Waals surface area contributed by atoms with Gasteiger partial charge in [-0.1, -0.05) is 0 Å². The Balaban J connectivity index is 2.14. The predicted molar refractivity (Wildman–Crippen MR) is 44.6 cm³/mol. The van der Waals surface area contributed by atoms with Crippen molar-refractivity contribution in [2.24, 2.45) is 5.92 Å². The third-order valence-corrected chi connectivity index (χ3v) is 2.11. The minimum Gasteiger partial charge on any atom is -0.480 e. The fraction of sp³-hybridized carbons (Fsp3) is 0.714. The summed E-state index contributed by atoms with van der Waals surface area (Å²) in [5, 5.41) is 15.5. The first-order valence-electron chi connectivity index (χ1n) is 4.39. The van der Waals surface area contributed by atoms with Crippen molar-refractivity contribution < 1.29 is 9.90 Å². The van der Waals surface area contributed by atoms with Crippen molar-refractivity contribution in [3.63, 3.8) is 0 Å². The van der Waals surface area contributed by atoms with Crippen molar-refractivity contribution in [3.8, 4) is 0 Å². The van der Waals surface area contributed by atoms with Crippen LogP contribution in [-0.4, -0.2) is 30.9 Å². The molecule has 1 aliphatic rings. The van der Waals surface area contributed by atoms with Gasteiger partial charge in [-0.15, -0.1) is 0 Å². The van der Waals surface area contributed by atoms with E-state index in [0.717, 1.165) is 17.5 Å². The summed E-state index contributed by atoms with van der Waals surface area (Å²) in [6, 6.07) is 0. The molecule has 1 aromatic heterocycles. The summed E-state index contributed by atoms with van der Waals surface area (Å²) >= 11 is 0. The van der Waals surface area contributed by atoms with E-state index in [1.165, 1.54) is 4.68 Å². The average Bonchev–Trinajstić information content (AvgIpc) is 2.86. The molecule has 0 atom stereocenters. The molecule has 0 unspecified atom stereocenters. The van der Waals surface area contributed by atoms with Gasteiger partial charge in [0, 0.05) is 0 Å². The zero-order valence-corrected chi connectivity index (χ0v) is 7.46.